The number of nitrogens with zero attached hydrogens (tertiary/aromatic N) is 5. The molecule has 1 spiro atoms. The number of hydrogen-bond acceptors (Lipinski definition) is 11. The highest BCUT2D eigenvalue weighted by molar-refractivity contribution is 5.73. The fraction of sp³-hybridized carbons (Fsp3) is 0.595. The van der Waals surface area contributed by atoms with Crippen molar-refractivity contribution < 1.29 is 14.6 Å². The number of piperazine rings is 1. The molecule has 1 aromatic heterocycles. The van der Waals surface area contributed by atoms with E-state index in [1.54, 1.807) is 24.3 Å². The molecule has 260 valence electrons. The molecule has 0 bridgehead atoms. The van der Waals surface area contributed by atoms with Crippen LogP contribution in [0.25, 0.3) is 5.70 Å². The number of aromatic nitrogens is 2. The number of methoxy groups -OCH3 is 1. The number of rotatable bonds is 8. The minimum Gasteiger partial charge on any atom is -0.507 e. The topological polar surface area (TPSA) is 160 Å². The Hall–Kier alpha value is -3.99. The van der Waals surface area contributed by atoms with Gasteiger partial charge in [0.1, 0.15) is 17.4 Å². The maximum absolute atomic E-state index is 11.8. The number of carbonyl (C=O) groups is 1. The number of nitrogens with two attached hydrogens (primary N) is 3. The molecule has 3 heterocycles. The number of phenols is 1. The van der Waals surface area contributed by atoms with Gasteiger partial charge < -0.3 is 36.8 Å². The van der Waals surface area contributed by atoms with Crippen molar-refractivity contribution in [3.63, 3.8) is 0 Å². The van der Waals surface area contributed by atoms with Crippen molar-refractivity contribution in [1.82, 2.24) is 19.8 Å². The van der Waals surface area contributed by atoms with Gasteiger partial charge in [-0.15, -0.1) is 0 Å². The quantitative estimate of drug-likeness (QED) is 0.241. The number of carbonyl (C=O) groups excluding carboxylic acids is 1. The Kier molecular flexibility index (Phi) is 9.79. The zero-order valence-electron chi connectivity index (χ0n) is 28.9. The monoisotopic (exact) mass is 658 g/mol. The molecule has 2 aromatic rings. The van der Waals surface area contributed by atoms with Gasteiger partial charge in [0.2, 0.25) is 0 Å². The van der Waals surface area contributed by atoms with Gasteiger partial charge in [-0.25, -0.2) is 9.97 Å². The van der Waals surface area contributed by atoms with Crippen LogP contribution in [0, 0.1) is 17.3 Å². The van der Waals surface area contributed by atoms with Crippen molar-refractivity contribution in [2.24, 2.45) is 34.5 Å². The van der Waals surface area contributed by atoms with Gasteiger partial charge in [-0.05, 0) is 80.9 Å². The molecule has 2 aliphatic heterocycles. The average Bonchev–Trinajstić information content (AvgIpc) is 3.04. The molecule has 6 rings (SSSR count). The number of allylic oxidation sites excluding steroid dienone is 1. The predicted molar refractivity (Wildman–Crippen MR) is 188 cm³/mol. The Bertz CT molecular complexity index is 1500. The molecule has 2 saturated carbocycles. The third-order valence-electron chi connectivity index (χ3n) is 11.7. The number of benzene rings is 1. The molecule has 2 aliphatic carbocycles. The minimum absolute atomic E-state index is 0.0347. The van der Waals surface area contributed by atoms with E-state index >= 15 is 0 Å². The lowest BCUT2D eigenvalue weighted by Crippen LogP contribution is -2.60. The summed E-state index contributed by atoms with van der Waals surface area (Å²) in [6.45, 7) is 10.1. The summed E-state index contributed by atoms with van der Waals surface area (Å²) in [6.07, 6.45) is 14.1. The van der Waals surface area contributed by atoms with Crippen molar-refractivity contribution in [2.75, 3.05) is 51.3 Å². The summed E-state index contributed by atoms with van der Waals surface area (Å²) < 4.78 is 4.94. The summed E-state index contributed by atoms with van der Waals surface area (Å²) in [5.41, 5.74) is 21.9. The molecule has 48 heavy (non-hydrogen) atoms. The Morgan fingerprint density at radius 2 is 1.71 bits per heavy atom. The van der Waals surface area contributed by atoms with Crippen LogP contribution in [0.1, 0.15) is 76.6 Å². The van der Waals surface area contributed by atoms with E-state index in [1.807, 2.05) is 18.5 Å². The van der Waals surface area contributed by atoms with E-state index in [0.717, 1.165) is 89.3 Å². The number of hydrogen-bond donors (Lipinski definition) is 4. The zero-order valence-corrected chi connectivity index (χ0v) is 28.9. The van der Waals surface area contributed by atoms with Crippen molar-refractivity contribution >= 4 is 17.4 Å². The molecule has 2 saturated heterocycles. The smallest absolute Gasteiger partial charge is 0.308 e. The molecular formula is C37H54N8O3. The normalized spacial score (nSPS) is 29.7. The number of esters is 1. The summed E-state index contributed by atoms with van der Waals surface area (Å²) in [4.78, 5) is 29.2. The number of para-hydroxylation sites is 1. The Balaban J connectivity index is 1.04. The molecule has 0 amide bonds. The van der Waals surface area contributed by atoms with Crippen LogP contribution in [-0.2, 0) is 14.9 Å². The molecule has 4 aliphatic rings. The van der Waals surface area contributed by atoms with Crippen LogP contribution in [0.15, 0.2) is 54.3 Å². The second kappa shape index (κ2) is 13.9. The molecular weight excluding hydrogens is 604 g/mol. The first-order valence-electron chi connectivity index (χ1n) is 17.7. The van der Waals surface area contributed by atoms with Gasteiger partial charge in [0, 0.05) is 62.0 Å². The second-order valence-electron chi connectivity index (χ2n) is 14.9. The summed E-state index contributed by atoms with van der Waals surface area (Å²) in [6, 6.07) is 7.65. The second-order valence-corrected chi connectivity index (χ2v) is 14.9. The van der Waals surface area contributed by atoms with Gasteiger partial charge in [0.15, 0.2) is 0 Å². The van der Waals surface area contributed by atoms with E-state index in [2.05, 4.69) is 28.5 Å². The largest absolute Gasteiger partial charge is 0.507 e. The molecule has 0 radical (unpaired) electrons. The highest BCUT2D eigenvalue weighted by atomic mass is 16.5. The summed E-state index contributed by atoms with van der Waals surface area (Å²) in [5.74, 6) is 1.69. The molecule has 11 nitrogen and oxygen atoms in total. The SMILES string of the molecule is CCC1(c2ncc(N3CCN(C4CC5(CC(C(=O)OC)C5)C4)CC3)cn2)CCCN(C(/C=C(\N)c2ccccc2O)=C(N)N)CC(C)C1. The van der Waals surface area contributed by atoms with Gasteiger partial charge in [-0.1, -0.05) is 26.0 Å². The first-order chi connectivity index (χ1) is 23.0. The molecule has 7 N–H and O–H groups in total. The Labute approximate surface area is 285 Å². The van der Waals surface area contributed by atoms with E-state index in [4.69, 9.17) is 31.9 Å². The van der Waals surface area contributed by atoms with Crippen LogP contribution in [0.2, 0.25) is 0 Å². The Morgan fingerprint density at radius 1 is 1.02 bits per heavy atom. The molecule has 4 fully saturated rings. The number of anilines is 1. The zero-order chi connectivity index (χ0) is 34.1. The fourth-order valence-electron chi connectivity index (χ4n) is 9.06. The lowest BCUT2D eigenvalue weighted by Gasteiger charge is -2.60. The van der Waals surface area contributed by atoms with E-state index in [-0.39, 0.29) is 28.9 Å². The standard InChI is InChI=1S/C37H54N8O3/c1-4-37(10-7-11-45(24-25(2)17-37)31(33(39)40)16-30(38)29-8-5-6-9-32(29)46)35-41-22-28(23-42-35)44-14-12-43(13-15-44)27-20-36(21-27)18-26(19-36)34(47)48-3/h5-6,8-9,16,22-23,25-27,46H,4,7,10-15,17-21,24,38-40H2,1-3H3/b30-16-. The first kappa shape index (κ1) is 33.9. The van der Waals surface area contributed by atoms with Crippen LogP contribution >= 0.6 is 0 Å². The number of ether oxygens (including phenoxy) is 1. The predicted octanol–water partition coefficient (Wildman–Crippen LogP) is 3.89. The third kappa shape index (κ3) is 6.79. The number of aromatic hydroxyl groups is 1. The first-order valence-corrected chi connectivity index (χ1v) is 17.7. The maximum Gasteiger partial charge on any atom is 0.308 e. The number of likely N-dealkylation sites (tertiary alicyclic amines) is 1. The van der Waals surface area contributed by atoms with Gasteiger partial charge in [0.25, 0.3) is 0 Å². The van der Waals surface area contributed by atoms with Crippen LogP contribution in [-0.4, -0.2) is 83.3 Å². The van der Waals surface area contributed by atoms with E-state index < -0.39 is 0 Å². The van der Waals surface area contributed by atoms with Crippen molar-refractivity contribution in [3.8, 4) is 5.75 Å². The lowest BCUT2D eigenvalue weighted by atomic mass is 9.49. The number of phenolic OH excluding ortho intramolecular Hbond substituents is 1. The molecule has 2 atom stereocenters. The summed E-state index contributed by atoms with van der Waals surface area (Å²) in [5, 5.41) is 10.3. The van der Waals surface area contributed by atoms with Crippen molar-refractivity contribution in [3.05, 3.63) is 65.6 Å². The Morgan fingerprint density at radius 3 is 2.33 bits per heavy atom. The lowest BCUT2D eigenvalue weighted by molar-refractivity contribution is -0.163. The minimum atomic E-state index is -0.0971. The molecule has 11 heteroatoms. The van der Waals surface area contributed by atoms with Gasteiger partial charge in [-0.3, -0.25) is 9.69 Å². The van der Waals surface area contributed by atoms with Gasteiger partial charge >= 0.3 is 5.97 Å². The van der Waals surface area contributed by atoms with E-state index in [0.29, 0.717) is 34.3 Å². The van der Waals surface area contributed by atoms with E-state index in [9.17, 15) is 9.90 Å². The van der Waals surface area contributed by atoms with Gasteiger partial charge in [0.05, 0.1) is 36.8 Å². The molecule has 2 unspecified atom stereocenters. The summed E-state index contributed by atoms with van der Waals surface area (Å²) in [7, 11) is 1.50. The third-order valence-corrected chi connectivity index (χ3v) is 11.7. The van der Waals surface area contributed by atoms with Crippen LogP contribution in [0.5, 0.6) is 5.75 Å². The maximum atomic E-state index is 11.8. The molecule has 1 aromatic carbocycles. The van der Waals surface area contributed by atoms with Crippen LogP contribution < -0.4 is 22.1 Å². The summed E-state index contributed by atoms with van der Waals surface area (Å²) >= 11 is 0. The van der Waals surface area contributed by atoms with Gasteiger partial charge in [-0.2, -0.15) is 0 Å². The van der Waals surface area contributed by atoms with E-state index in [1.165, 1.54) is 20.0 Å². The van der Waals surface area contributed by atoms with Crippen molar-refractivity contribution in [1.29, 1.82) is 0 Å². The fourth-order valence-corrected chi connectivity index (χ4v) is 9.06. The average molecular weight is 659 g/mol. The van der Waals surface area contributed by atoms with Crippen molar-refractivity contribution in [2.45, 2.75) is 76.7 Å². The highest BCUT2D eigenvalue weighted by Gasteiger charge is 2.56. The van der Waals surface area contributed by atoms with Crippen LogP contribution in [0.3, 0.4) is 0 Å². The van der Waals surface area contributed by atoms with Crippen LogP contribution in [0.4, 0.5) is 5.69 Å². The highest BCUT2D eigenvalue weighted by Crippen LogP contribution is 2.60.